The van der Waals surface area contributed by atoms with E-state index in [9.17, 15) is 14.4 Å². The van der Waals surface area contributed by atoms with Crippen LogP contribution < -0.4 is 11.1 Å². The van der Waals surface area contributed by atoms with Gasteiger partial charge in [0.15, 0.2) is 5.78 Å². The van der Waals surface area contributed by atoms with E-state index in [4.69, 9.17) is 4.74 Å². The summed E-state index contributed by atoms with van der Waals surface area (Å²) in [5, 5.41) is 0. The number of Topliss-reactive ketones (excluding diaryl/α,β-unsaturated/α-hetero) is 1. The molecule has 172 valence electrons. The highest BCUT2D eigenvalue weighted by Crippen LogP contribution is 2.29. The van der Waals surface area contributed by atoms with Crippen molar-refractivity contribution in [1.29, 1.82) is 0 Å². The molecule has 7 heteroatoms. The summed E-state index contributed by atoms with van der Waals surface area (Å²) in [5.41, 5.74) is 0.261. The van der Waals surface area contributed by atoms with E-state index >= 15 is 0 Å². The molecule has 0 radical (unpaired) electrons. The Labute approximate surface area is 188 Å². The Kier molecular flexibility index (Phi) is 6.28. The molecular formula is C25H33N3O4. The number of aromatic nitrogens is 2. The van der Waals surface area contributed by atoms with Gasteiger partial charge in [0.25, 0.3) is 0 Å². The Hall–Kier alpha value is -2.25. The van der Waals surface area contributed by atoms with Crippen molar-refractivity contribution in [2.45, 2.75) is 82.5 Å². The lowest BCUT2D eigenvalue weighted by molar-refractivity contribution is -0.120. The number of ether oxygens (including phenoxy) is 1. The number of piperidine rings is 1. The van der Waals surface area contributed by atoms with Crippen molar-refractivity contribution in [3.8, 4) is 0 Å². The van der Waals surface area contributed by atoms with Crippen LogP contribution >= 0.6 is 0 Å². The number of carbonyl (C=O) groups is 1. The number of para-hydroxylation sites is 2. The van der Waals surface area contributed by atoms with Crippen molar-refractivity contribution in [1.82, 2.24) is 14.0 Å². The van der Waals surface area contributed by atoms with E-state index in [-0.39, 0.29) is 18.4 Å². The molecule has 2 saturated heterocycles. The number of hydrogen-bond donors (Lipinski definition) is 0. The van der Waals surface area contributed by atoms with Crippen LogP contribution in [0.25, 0.3) is 11.0 Å². The Morgan fingerprint density at radius 3 is 2.12 bits per heavy atom. The minimum Gasteiger partial charge on any atom is -0.365 e. The Morgan fingerprint density at radius 1 is 0.844 bits per heavy atom. The van der Waals surface area contributed by atoms with Crippen molar-refractivity contribution < 1.29 is 9.53 Å². The molecule has 1 unspecified atom stereocenters. The molecule has 3 aliphatic rings. The average molecular weight is 440 g/mol. The maximum absolute atomic E-state index is 13.2. The van der Waals surface area contributed by atoms with E-state index in [0.717, 1.165) is 31.4 Å². The van der Waals surface area contributed by atoms with E-state index in [1.54, 1.807) is 4.57 Å². The molecule has 0 spiro atoms. The van der Waals surface area contributed by atoms with Gasteiger partial charge in [0, 0.05) is 25.2 Å². The number of ketones is 1. The van der Waals surface area contributed by atoms with Gasteiger partial charge in [-0.2, -0.15) is 0 Å². The topological polar surface area (TPSA) is 76.8 Å². The lowest BCUT2D eigenvalue weighted by Crippen LogP contribution is -2.47. The molecule has 0 bridgehead atoms. The average Bonchev–Trinajstić information content (AvgIpc) is 3.63. The summed E-state index contributed by atoms with van der Waals surface area (Å²) in [5.74, 6) is -0.151. The number of carbonyl (C=O) groups excluding carboxylic acids is 1. The second-order valence-corrected chi connectivity index (χ2v) is 9.61. The minimum absolute atomic E-state index is 0.0158. The summed E-state index contributed by atoms with van der Waals surface area (Å²) >= 11 is 0. The monoisotopic (exact) mass is 439 g/mol. The largest absolute Gasteiger partial charge is 0.365 e. The number of benzene rings is 1. The van der Waals surface area contributed by atoms with Crippen molar-refractivity contribution in [2.24, 2.45) is 0 Å². The Balaban J connectivity index is 1.40. The fourth-order valence-electron chi connectivity index (χ4n) is 5.65. The normalized spacial score (nSPS) is 23.7. The van der Waals surface area contributed by atoms with Gasteiger partial charge in [-0.25, -0.2) is 0 Å². The number of likely N-dealkylation sites (tertiary alicyclic amines) is 1. The van der Waals surface area contributed by atoms with Gasteiger partial charge in [-0.3, -0.25) is 23.5 Å². The molecule has 0 amide bonds. The first-order valence-electron chi connectivity index (χ1n) is 12.3. The predicted octanol–water partition coefficient (Wildman–Crippen LogP) is 2.88. The van der Waals surface area contributed by atoms with Crippen molar-refractivity contribution in [3.05, 3.63) is 45.0 Å². The van der Waals surface area contributed by atoms with E-state index in [1.807, 2.05) is 24.3 Å². The standard InChI is InChI=1S/C25H33N3O4/c29-22(23-17-32-23)16-27-20-10-6-7-11-21(20)28(25(31)24(27)30)19-12-14-26(15-13-19)18-8-4-2-1-3-5-9-18/h6-7,10-11,18-19,23H,1-5,8-9,12-17H2. The molecule has 2 aliphatic heterocycles. The van der Waals surface area contributed by atoms with E-state index in [2.05, 4.69) is 4.90 Å². The van der Waals surface area contributed by atoms with Crippen LogP contribution in [0, 0.1) is 0 Å². The number of epoxide rings is 1. The molecule has 1 aromatic carbocycles. The molecular weight excluding hydrogens is 406 g/mol. The molecule has 7 nitrogen and oxygen atoms in total. The molecule has 0 N–H and O–H groups in total. The third kappa shape index (κ3) is 4.33. The summed E-state index contributed by atoms with van der Waals surface area (Å²) < 4.78 is 8.11. The molecule has 5 rings (SSSR count). The van der Waals surface area contributed by atoms with E-state index in [1.165, 1.54) is 49.5 Å². The Morgan fingerprint density at radius 2 is 1.47 bits per heavy atom. The molecule has 32 heavy (non-hydrogen) atoms. The van der Waals surface area contributed by atoms with E-state index in [0.29, 0.717) is 18.2 Å². The maximum Gasteiger partial charge on any atom is 0.317 e. The molecule has 3 heterocycles. The number of rotatable bonds is 5. The van der Waals surface area contributed by atoms with Gasteiger partial charge >= 0.3 is 11.1 Å². The van der Waals surface area contributed by atoms with Crippen molar-refractivity contribution in [2.75, 3.05) is 19.7 Å². The van der Waals surface area contributed by atoms with Crippen LogP contribution in [0.2, 0.25) is 0 Å². The van der Waals surface area contributed by atoms with Crippen molar-refractivity contribution in [3.63, 3.8) is 0 Å². The second kappa shape index (κ2) is 9.32. The quantitative estimate of drug-likeness (QED) is 0.529. The Bertz CT molecular complexity index is 1080. The molecule has 1 atom stereocenters. The van der Waals surface area contributed by atoms with Gasteiger partial charge in [-0.05, 0) is 37.8 Å². The zero-order chi connectivity index (χ0) is 22.1. The van der Waals surface area contributed by atoms with Gasteiger partial charge in [0.1, 0.15) is 6.10 Å². The molecule has 1 aromatic heterocycles. The summed E-state index contributed by atoms with van der Waals surface area (Å²) in [6.07, 6.45) is 10.6. The van der Waals surface area contributed by atoms with Gasteiger partial charge in [0.2, 0.25) is 0 Å². The second-order valence-electron chi connectivity index (χ2n) is 9.61. The molecule has 1 saturated carbocycles. The SMILES string of the molecule is O=C(Cn1c(=O)c(=O)n(C2CCN(C3CCCCCCC3)CC2)c2ccccc21)C1CO1. The molecule has 1 aliphatic carbocycles. The van der Waals surface area contributed by atoms with Crippen LogP contribution in [0.3, 0.4) is 0 Å². The predicted molar refractivity (Wildman–Crippen MR) is 123 cm³/mol. The lowest BCUT2D eigenvalue weighted by atomic mass is 9.93. The first kappa shape index (κ1) is 21.6. The summed E-state index contributed by atoms with van der Waals surface area (Å²) in [6.45, 7) is 2.23. The zero-order valence-corrected chi connectivity index (χ0v) is 18.7. The number of hydrogen-bond acceptors (Lipinski definition) is 5. The third-order valence-corrected chi connectivity index (χ3v) is 7.54. The summed E-state index contributed by atoms with van der Waals surface area (Å²) in [7, 11) is 0. The van der Waals surface area contributed by atoms with Crippen LogP contribution in [0.4, 0.5) is 0 Å². The zero-order valence-electron chi connectivity index (χ0n) is 18.7. The highest BCUT2D eigenvalue weighted by atomic mass is 16.6. The fraction of sp³-hybridized carbons (Fsp3) is 0.640. The third-order valence-electron chi connectivity index (χ3n) is 7.54. The van der Waals surface area contributed by atoms with Gasteiger partial charge in [-0.1, -0.05) is 44.2 Å². The summed E-state index contributed by atoms with van der Waals surface area (Å²) in [4.78, 5) is 41.2. The highest BCUT2D eigenvalue weighted by molar-refractivity contribution is 5.86. The van der Waals surface area contributed by atoms with Crippen LogP contribution in [-0.4, -0.2) is 51.7 Å². The molecule has 3 fully saturated rings. The fourth-order valence-corrected chi connectivity index (χ4v) is 5.65. The van der Waals surface area contributed by atoms with Crippen LogP contribution in [0.1, 0.15) is 63.8 Å². The van der Waals surface area contributed by atoms with Gasteiger partial charge in [0.05, 0.1) is 24.2 Å². The molecule has 2 aromatic rings. The number of fused-ring (bicyclic) bond motifs is 1. The highest BCUT2D eigenvalue weighted by Gasteiger charge is 2.32. The van der Waals surface area contributed by atoms with Crippen LogP contribution in [-0.2, 0) is 16.1 Å². The smallest absolute Gasteiger partial charge is 0.317 e. The first-order chi connectivity index (χ1) is 15.6. The number of nitrogens with zero attached hydrogens (tertiary/aromatic N) is 3. The van der Waals surface area contributed by atoms with Crippen molar-refractivity contribution >= 4 is 16.8 Å². The maximum atomic E-state index is 13.2. The minimum atomic E-state index is -0.611. The van der Waals surface area contributed by atoms with Gasteiger partial charge < -0.3 is 9.64 Å². The first-order valence-corrected chi connectivity index (χ1v) is 12.3. The van der Waals surface area contributed by atoms with Gasteiger partial charge in [-0.15, -0.1) is 0 Å². The van der Waals surface area contributed by atoms with E-state index < -0.39 is 17.2 Å². The van der Waals surface area contributed by atoms with Crippen LogP contribution in [0.5, 0.6) is 0 Å². The summed E-state index contributed by atoms with van der Waals surface area (Å²) in [6, 6.07) is 8.14. The van der Waals surface area contributed by atoms with Crippen LogP contribution in [0.15, 0.2) is 33.9 Å². The lowest BCUT2D eigenvalue weighted by Gasteiger charge is -2.39.